The largest absolute Gasteiger partial charge is 0.486 e. The number of para-hydroxylation sites is 2. The zero-order valence-corrected chi connectivity index (χ0v) is 10.2. The average Bonchev–Trinajstić information content (AvgIpc) is 2.40. The van der Waals surface area contributed by atoms with E-state index in [1.165, 1.54) is 32.4 Å². The molecule has 0 aromatic heterocycles. The molecule has 3 nitrogen and oxygen atoms in total. The summed E-state index contributed by atoms with van der Waals surface area (Å²) in [5.74, 6) is 1.79. The van der Waals surface area contributed by atoms with E-state index in [0.29, 0.717) is 6.61 Å². The van der Waals surface area contributed by atoms with Crippen molar-refractivity contribution in [2.24, 2.45) is 0 Å². The van der Waals surface area contributed by atoms with Crippen molar-refractivity contribution in [2.45, 2.75) is 25.4 Å². The van der Waals surface area contributed by atoms with Gasteiger partial charge in [0.05, 0.1) is 13.1 Å². The molecule has 2 aliphatic heterocycles. The van der Waals surface area contributed by atoms with Crippen molar-refractivity contribution in [3.05, 3.63) is 24.3 Å². The van der Waals surface area contributed by atoms with Crippen LogP contribution in [0.2, 0.25) is 0 Å². The van der Waals surface area contributed by atoms with Gasteiger partial charge in [0.25, 0.3) is 0 Å². The van der Waals surface area contributed by atoms with Crippen LogP contribution >= 0.6 is 0 Å². The van der Waals surface area contributed by atoms with Gasteiger partial charge in [-0.1, -0.05) is 12.1 Å². The summed E-state index contributed by atoms with van der Waals surface area (Å²) in [6, 6.07) is 7.95. The molecule has 1 atom stereocenters. The summed E-state index contributed by atoms with van der Waals surface area (Å²) in [5, 5.41) is 0. The van der Waals surface area contributed by atoms with Crippen molar-refractivity contribution in [1.82, 2.24) is 0 Å². The zero-order valence-electron chi connectivity index (χ0n) is 10.2. The molecule has 3 rings (SSSR count). The average molecular weight is 234 g/mol. The van der Waals surface area contributed by atoms with Gasteiger partial charge in [-0.25, -0.2) is 0 Å². The Labute approximate surface area is 102 Å². The number of piperidine rings is 1. The second-order valence-electron chi connectivity index (χ2n) is 5.01. The Morgan fingerprint density at radius 1 is 1.06 bits per heavy atom. The molecule has 1 saturated heterocycles. The normalized spacial score (nSPS) is 24.6. The number of hydrogen-bond donors (Lipinski definition) is 1. The lowest BCUT2D eigenvalue weighted by molar-refractivity contribution is -0.907. The molecule has 0 aliphatic carbocycles. The highest BCUT2D eigenvalue weighted by Gasteiger charge is 2.25. The van der Waals surface area contributed by atoms with Gasteiger partial charge in [-0.15, -0.1) is 0 Å². The van der Waals surface area contributed by atoms with Gasteiger partial charge in [-0.2, -0.15) is 0 Å². The van der Waals surface area contributed by atoms with Gasteiger partial charge in [-0.05, 0) is 31.4 Å². The van der Waals surface area contributed by atoms with E-state index in [9.17, 15) is 0 Å². The van der Waals surface area contributed by atoms with Crippen LogP contribution in [0.25, 0.3) is 0 Å². The van der Waals surface area contributed by atoms with Crippen LogP contribution in [-0.2, 0) is 0 Å². The fourth-order valence-electron chi connectivity index (χ4n) is 2.74. The van der Waals surface area contributed by atoms with Crippen molar-refractivity contribution in [2.75, 3.05) is 26.2 Å². The van der Waals surface area contributed by atoms with Crippen LogP contribution in [0.5, 0.6) is 11.5 Å². The smallest absolute Gasteiger partial charge is 0.181 e. The van der Waals surface area contributed by atoms with E-state index in [1.807, 2.05) is 24.3 Å². The molecule has 1 N–H and O–H groups in total. The number of benzene rings is 1. The van der Waals surface area contributed by atoms with Crippen LogP contribution in [0.15, 0.2) is 24.3 Å². The van der Waals surface area contributed by atoms with E-state index in [4.69, 9.17) is 9.47 Å². The SMILES string of the molecule is c1ccc2c(c1)OC[C@@H](C[NH+]1CCCCC1)O2. The zero-order chi connectivity index (χ0) is 11.5. The molecule has 17 heavy (non-hydrogen) atoms. The molecule has 3 heteroatoms. The molecule has 0 spiro atoms. The molecule has 1 aromatic rings. The third-order valence-electron chi connectivity index (χ3n) is 3.64. The van der Waals surface area contributed by atoms with E-state index in [-0.39, 0.29) is 6.10 Å². The van der Waals surface area contributed by atoms with Gasteiger partial charge in [0, 0.05) is 0 Å². The number of quaternary nitrogens is 1. The minimum Gasteiger partial charge on any atom is -0.486 e. The number of rotatable bonds is 2. The van der Waals surface area contributed by atoms with Gasteiger partial charge in [-0.3, -0.25) is 0 Å². The highest BCUT2D eigenvalue weighted by molar-refractivity contribution is 5.40. The molecule has 0 radical (unpaired) electrons. The molecule has 0 saturated carbocycles. The molecule has 0 amide bonds. The summed E-state index contributed by atoms with van der Waals surface area (Å²) in [6.07, 6.45) is 4.34. The Morgan fingerprint density at radius 3 is 2.65 bits per heavy atom. The van der Waals surface area contributed by atoms with Crippen LogP contribution in [-0.4, -0.2) is 32.3 Å². The summed E-state index contributed by atoms with van der Waals surface area (Å²) >= 11 is 0. The van der Waals surface area contributed by atoms with E-state index in [2.05, 4.69) is 0 Å². The number of nitrogens with one attached hydrogen (secondary N) is 1. The summed E-state index contributed by atoms with van der Waals surface area (Å²) in [5.41, 5.74) is 0. The predicted octanol–water partition coefficient (Wildman–Crippen LogP) is 0.895. The Bertz CT molecular complexity index is 374. The van der Waals surface area contributed by atoms with E-state index in [0.717, 1.165) is 18.0 Å². The number of likely N-dealkylation sites (tertiary alicyclic amines) is 1. The molecule has 1 aromatic carbocycles. The lowest BCUT2D eigenvalue weighted by Crippen LogP contribution is -3.14. The fraction of sp³-hybridized carbons (Fsp3) is 0.571. The van der Waals surface area contributed by atoms with E-state index < -0.39 is 0 Å². The van der Waals surface area contributed by atoms with E-state index in [1.54, 1.807) is 4.90 Å². The molecule has 1 fully saturated rings. The predicted molar refractivity (Wildman–Crippen MR) is 65.8 cm³/mol. The van der Waals surface area contributed by atoms with Crippen LogP contribution in [0.4, 0.5) is 0 Å². The quantitative estimate of drug-likeness (QED) is 0.821. The first kappa shape index (κ1) is 10.9. The topological polar surface area (TPSA) is 22.9 Å². The highest BCUT2D eigenvalue weighted by Crippen LogP contribution is 2.30. The van der Waals surface area contributed by atoms with Crippen LogP contribution in [0.3, 0.4) is 0 Å². The first-order valence-corrected chi connectivity index (χ1v) is 6.64. The van der Waals surface area contributed by atoms with Crippen molar-refractivity contribution >= 4 is 0 Å². The van der Waals surface area contributed by atoms with Gasteiger partial charge >= 0.3 is 0 Å². The Hall–Kier alpha value is -1.22. The lowest BCUT2D eigenvalue weighted by atomic mass is 10.1. The maximum atomic E-state index is 5.99. The molecule has 92 valence electrons. The molecule has 0 unspecified atom stereocenters. The van der Waals surface area contributed by atoms with Crippen molar-refractivity contribution in [1.29, 1.82) is 0 Å². The first-order valence-electron chi connectivity index (χ1n) is 6.64. The maximum Gasteiger partial charge on any atom is 0.181 e. The van der Waals surface area contributed by atoms with Crippen LogP contribution in [0.1, 0.15) is 19.3 Å². The molecule has 0 bridgehead atoms. The first-order chi connectivity index (χ1) is 8.42. The van der Waals surface area contributed by atoms with Crippen LogP contribution in [0, 0.1) is 0 Å². The summed E-state index contributed by atoms with van der Waals surface area (Å²) in [4.78, 5) is 1.67. The van der Waals surface area contributed by atoms with Gasteiger partial charge in [0.1, 0.15) is 13.2 Å². The minimum absolute atomic E-state index is 0.220. The van der Waals surface area contributed by atoms with E-state index >= 15 is 0 Å². The molecule has 2 heterocycles. The summed E-state index contributed by atoms with van der Waals surface area (Å²) in [7, 11) is 0. The summed E-state index contributed by atoms with van der Waals surface area (Å²) < 4.78 is 11.7. The van der Waals surface area contributed by atoms with Crippen LogP contribution < -0.4 is 14.4 Å². The standard InChI is InChI=1S/C14H19NO2/c1-4-8-15(9-5-1)10-12-11-16-13-6-2-3-7-14(13)17-12/h2-3,6-7,12H,1,4-5,8-11H2/p+1/t12-/m1/s1. The fourth-order valence-corrected chi connectivity index (χ4v) is 2.74. The number of ether oxygens (including phenoxy) is 2. The van der Waals surface area contributed by atoms with Crippen molar-refractivity contribution in [3.8, 4) is 11.5 Å². The third kappa shape index (κ3) is 2.55. The maximum absolute atomic E-state index is 5.99. The Kier molecular flexibility index (Phi) is 3.18. The van der Waals surface area contributed by atoms with Gasteiger partial charge in [0.2, 0.25) is 0 Å². The summed E-state index contributed by atoms with van der Waals surface area (Å²) in [6.45, 7) is 4.36. The van der Waals surface area contributed by atoms with Crippen molar-refractivity contribution in [3.63, 3.8) is 0 Å². The van der Waals surface area contributed by atoms with Crippen molar-refractivity contribution < 1.29 is 14.4 Å². The molecule has 2 aliphatic rings. The molecular weight excluding hydrogens is 214 g/mol. The Morgan fingerprint density at radius 2 is 1.82 bits per heavy atom. The second-order valence-corrected chi connectivity index (χ2v) is 5.01. The Balaban J connectivity index is 1.60. The highest BCUT2D eigenvalue weighted by atomic mass is 16.6. The monoisotopic (exact) mass is 234 g/mol. The number of fused-ring (bicyclic) bond motifs is 1. The van der Waals surface area contributed by atoms with Gasteiger partial charge in [0.15, 0.2) is 17.6 Å². The minimum atomic E-state index is 0.220. The lowest BCUT2D eigenvalue weighted by Gasteiger charge is -2.30. The van der Waals surface area contributed by atoms with Gasteiger partial charge < -0.3 is 14.4 Å². The number of hydrogen-bond acceptors (Lipinski definition) is 2. The second kappa shape index (κ2) is 4.96. The molecular formula is C14H20NO2+. The third-order valence-corrected chi connectivity index (χ3v) is 3.64.